The summed E-state index contributed by atoms with van der Waals surface area (Å²) in [6.07, 6.45) is 9.66. The maximum Gasteiger partial charge on any atom is 0.274 e. The Morgan fingerprint density at radius 3 is 2.89 bits per heavy atom. The molecule has 11 heteroatoms. The Hall–Kier alpha value is -3.76. The second-order valence-electron chi connectivity index (χ2n) is 9.93. The summed E-state index contributed by atoms with van der Waals surface area (Å²) in [5, 5.41) is 10.2. The van der Waals surface area contributed by atoms with Crippen LogP contribution >= 0.6 is 0 Å². The number of aromatic nitrogens is 5. The maximum atomic E-state index is 14.3. The van der Waals surface area contributed by atoms with Crippen molar-refractivity contribution in [2.45, 2.75) is 56.7 Å². The van der Waals surface area contributed by atoms with Gasteiger partial charge in [0.2, 0.25) is 11.8 Å². The predicted octanol–water partition coefficient (Wildman–Crippen LogP) is 2.85. The van der Waals surface area contributed by atoms with Crippen LogP contribution in [0.4, 0.5) is 4.39 Å². The molecule has 10 nitrogen and oxygen atoms in total. The van der Waals surface area contributed by atoms with Gasteiger partial charge in [-0.2, -0.15) is 5.10 Å². The van der Waals surface area contributed by atoms with Crippen LogP contribution in [0.15, 0.2) is 30.7 Å². The van der Waals surface area contributed by atoms with Crippen LogP contribution in [0.1, 0.15) is 60.9 Å². The van der Waals surface area contributed by atoms with Gasteiger partial charge in [0.05, 0.1) is 25.0 Å². The number of imidazole rings is 1. The third-order valence-corrected chi connectivity index (χ3v) is 7.74. The van der Waals surface area contributed by atoms with Crippen LogP contribution in [-0.4, -0.2) is 60.6 Å². The fraction of sp³-hybridized carbons (Fsp3) is 0.480. The summed E-state index contributed by atoms with van der Waals surface area (Å²) in [5.41, 5.74) is 0.519. The number of H-pyrrole nitrogens is 1. The van der Waals surface area contributed by atoms with Crippen molar-refractivity contribution in [1.82, 2.24) is 34.9 Å². The minimum Gasteiger partial charge on any atom is -0.481 e. The number of methoxy groups -OCH3 is 1. The van der Waals surface area contributed by atoms with Gasteiger partial charge in [-0.05, 0) is 44.6 Å². The molecule has 36 heavy (non-hydrogen) atoms. The van der Waals surface area contributed by atoms with E-state index in [1.807, 2.05) is 11.1 Å². The first-order chi connectivity index (χ1) is 17.5. The molecule has 1 saturated heterocycles. The molecule has 0 bridgehead atoms. The summed E-state index contributed by atoms with van der Waals surface area (Å²) in [6, 6.07) is 2.95. The molecular formula is C25H28FN7O3. The normalized spacial score (nSPS) is 22.2. The molecule has 2 amide bonds. The number of amides is 2. The molecule has 0 radical (unpaired) electrons. The highest BCUT2D eigenvalue weighted by atomic mass is 19.1. The molecule has 5 heterocycles. The number of piperidine rings is 1. The lowest BCUT2D eigenvalue weighted by atomic mass is 9.87. The van der Waals surface area contributed by atoms with Gasteiger partial charge in [-0.15, -0.1) is 0 Å². The summed E-state index contributed by atoms with van der Waals surface area (Å²) < 4.78 is 21.5. The van der Waals surface area contributed by atoms with Gasteiger partial charge in [0.15, 0.2) is 11.5 Å². The third-order valence-electron chi connectivity index (χ3n) is 7.74. The van der Waals surface area contributed by atoms with E-state index < -0.39 is 5.82 Å². The summed E-state index contributed by atoms with van der Waals surface area (Å²) in [7, 11) is 1.45. The predicted molar refractivity (Wildman–Crippen MR) is 126 cm³/mol. The van der Waals surface area contributed by atoms with Crippen molar-refractivity contribution in [1.29, 1.82) is 0 Å². The lowest BCUT2D eigenvalue weighted by Gasteiger charge is -2.40. The Kier molecular flexibility index (Phi) is 5.50. The Bertz CT molecular complexity index is 1310. The third kappa shape index (κ3) is 3.92. The van der Waals surface area contributed by atoms with Gasteiger partial charge in [-0.1, -0.05) is 0 Å². The number of carbonyl (C=O) groups excluding carboxylic acids is 2. The molecule has 3 aromatic heterocycles. The van der Waals surface area contributed by atoms with E-state index in [1.54, 1.807) is 12.3 Å². The Balaban J connectivity index is 1.14. The molecule has 3 aromatic rings. The molecule has 0 unspecified atom stereocenters. The quantitative estimate of drug-likeness (QED) is 0.564. The van der Waals surface area contributed by atoms with Crippen LogP contribution in [0.5, 0.6) is 5.88 Å². The van der Waals surface area contributed by atoms with E-state index in [4.69, 9.17) is 4.74 Å². The van der Waals surface area contributed by atoms with Crippen LogP contribution < -0.4 is 10.1 Å². The zero-order valence-electron chi connectivity index (χ0n) is 20.0. The minimum absolute atomic E-state index is 0.0407. The van der Waals surface area contributed by atoms with Crippen molar-refractivity contribution in [2.75, 3.05) is 13.7 Å². The topological polar surface area (TPSA) is 118 Å². The number of nitrogens with one attached hydrogen (secondary N) is 2. The molecule has 2 atom stereocenters. The summed E-state index contributed by atoms with van der Waals surface area (Å²) >= 11 is 0. The second-order valence-corrected chi connectivity index (χ2v) is 9.93. The van der Waals surface area contributed by atoms with E-state index in [9.17, 15) is 14.0 Å². The van der Waals surface area contributed by atoms with E-state index in [0.29, 0.717) is 25.1 Å². The standard InChI is InChI=1S/C25H28FN7O3/c1-36-21-11-16(17(26)14-28-21)19-12-20(31-30-19)24(35)33-9-4-15(13-25(33)5-6-25)23(34)29-18-3-2-8-32-10-7-27-22(18)32/h7,10-12,14-15,18H,2-6,8-9,13H2,1H3,(H,29,34)(H,30,31)/t15-,18-/m0/s1. The van der Waals surface area contributed by atoms with Crippen molar-refractivity contribution in [3.05, 3.63) is 48.1 Å². The number of halogens is 1. The van der Waals surface area contributed by atoms with Crippen molar-refractivity contribution >= 4 is 11.8 Å². The molecular weight excluding hydrogens is 465 g/mol. The largest absolute Gasteiger partial charge is 0.481 e. The first-order valence-electron chi connectivity index (χ1n) is 12.4. The zero-order chi connectivity index (χ0) is 24.9. The van der Waals surface area contributed by atoms with Crippen molar-refractivity contribution < 1.29 is 18.7 Å². The van der Waals surface area contributed by atoms with Crippen LogP contribution in [0.25, 0.3) is 11.3 Å². The van der Waals surface area contributed by atoms with Crippen molar-refractivity contribution in [3.63, 3.8) is 0 Å². The number of rotatable bonds is 5. The lowest BCUT2D eigenvalue weighted by Crippen LogP contribution is -2.51. The average Bonchev–Trinajstić information content (AvgIpc) is 3.27. The molecule has 2 N–H and O–H groups in total. The first-order valence-corrected chi connectivity index (χ1v) is 12.4. The highest BCUT2D eigenvalue weighted by Gasteiger charge is 2.54. The molecule has 188 valence electrons. The SMILES string of the molecule is COc1cc(-c2cc(C(=O)N3CC[C@H](C(=O)N[C@H]4CCCn5ccnc54)CC34CC4)n[nH]2)c(F)cn1. The smallest absolute Gasteiger partial charge is 0.274 e. The Morgan fingerprint density at radius 2 is 2.08 bits per heavy atom. The maximum absolute atomic E-state index is 14.3. The first kappa shape index (κ1) is 22.7. The van der Waals surface area contributed by atoms with E-state index in [0.717, 1.165) is 44.2 Å². The van der Waals surface area contributed by atoms with Gasteiger partial charge in [-0.25, -0.2) is 14.4 Å². The number of nitrogens with zero attached hydrogens (tertiary/aromatic N) is 5. The molecule has 6 rings (SSSR count). The van der Waals surface area contributed by atoms with E-state index >= 15 is 0 Å². The zero-order valence-corrected chi connectivity index (χ0v) is 20.0. The van der Waals surface area contributed by atoms with Crippen molar-refractivity contribution in [3.8, 4) is 17.1 Å². The van der Waals surface area contributed by atoms with Crippen LogP contribution in [0.2, 0.25) is 0 Å². The second kappa shape index (κ2) is 8.72. The molecule has 2 aliphatic heterocycles. The van der Waals surface area contributed by atoms with Crippen LogP contribution in [0.3, 0.4) is 0 Å². The molecule has 1 aliphatic carbocycles. The molecule has 0 aromatic carbocycles. The van der Waals surface area contributed by atoms with Gasteiger partial charge < -0.3 is 19.5 Å². The molecule has 3 aliphatic rings. The van der Waals surface area contributed by atoms with E-state index in [2.05, 4.69) is 30.0 Å². The monoisotopic (exact) mass is 493 g/mol. The van der Waals surface area contributed by atoms with Gasteiger partial charge in [0.25, 0.3) is 5.91 Å². The summed E-state index contributed by atoms with van der Waals surface area (Å²) in [6.45, 7) is 1.41. The van der Waals surface area contributed by atoms with Gasteiger partial charge >= 0.3 is 0 Å². The number of likely N-dealkylation sites (tertiary alicyclic amines) is 1. The number of fused-ring (bicyclic) bond motifs is 1. The molecule has 2 fully saturated rings. The molecule has 1 spiro atoms. The Morgan fingerprint density at radius 1 is 1.22 bits per heavy atom. The number of hydrogen-bond donors (Lipinski definition) is 2. The Labute approximate surface area is 207 Å². The fourth-order valence-corrected chi connectivity index (χ4v) is 5.64. The molecule has 1 saturated carbocycles. The minimum atomic E-state index is -0.538. The summed E-state index contributed by atoms with van der Waals surface area (Å²) in [4.78, 5) is 36.7. The fourth-order valence-electron chi connectivity index (χ4n) is 5.64. The number of pyridine rings is 1. The van der Waals surface area contributed by atoms with Gasteiger partial charge in [0.1, 0.15) is 5.82 Å². The van der Waals surface area contributed by atoms with Crippen molar-refractivity contribution in [2.24, 2.45) is 5.92 Å². The average molecular weight is 494 g/mol. The number of carbonyl (C=O) groups is 2. The number of aromatic amines is 1. The summed E-state index contributed by atoms with van der Waals surface area (Å²) in [5.74, 6) is 0.340. The van der Waals surface area contributed by atoms with Gasteiger partial charge in [-0.3, -0.25) is 14.7 Å². The highest BCUT2D eigenvalue weighted by molar-refractivity contribution is 5.94. The van der Waals surface area contributed by atoms with E-state index in [-0.39, 0.29) is 46.5 Å². The van der Waals surface area contributed by atoms with E-state index in [1.165, 1.54) is 13.2 Å². The van der Waals surface area contributed by atoms with Crippen LogP contribution in [-0.2, 0) is 11.3 Å². The number of hydrogen-bond acceptors (Lipinski definition) is 6. The highest BCUT2D eigenvalue weighted by Crippen LogP contribution is 2.50. The number of aryl methyl sites for hydroxylation is 1. The van der Waals surface area contributed by atoms with Gasteiger partial charge in [0, 0.05) is 48.6 Å². The van der Waals surface area contributed by atoms with Crippen LogP contribution in [0, 0.1) is 11.7 Å². The number of ether oxygens (including phenoxy) is 1. The lowest BCUT2D eigenvalue weighted by molar-refractivity contribution is -0.128.